The molecule has 0 bridgehead atoms. The molecule has 1 atom stereocenters. The number of nitrogen functional groups attached to an aromatic ring is 1. The fraction of sp³-hybridized carbons (Fsp3) is 0.529. The highest BCUT2D eigenvalue weighted by Crippen LogP contribution is 2.36. The summed E-state index contributed by atoms with van der Waals surface area (Å²) < 4.78 is 18.0. The van der Waals surface area contributed by atoms with Gasteiger partial charge in [0.2, 0.25) is 0 Å². The number of aromatic nitrogens is 2. The second-order valence-corrected chi connectivity index (χ2v) is 8.76. The number of fused-ring (bicyclic) bond motifs is 1. The predicted molar refractivity (Wildman–Crippen MR) is 97.3 cm³/mol. The third-order valence-electron chi connectivity index (χ3n) is 5.15. The maximum Gasteiger partial charge on any atom is 0.350 e. The van der Waals surface area contributed by atoms with Gasteiger partial charge in [0.25, 0.3) is 5.56 Å². The maximum atomic E-state index is 12.7. The van der Waals surface area contributed by atoms with Gasteiger partial charge in [0.15, 0.2) is 0 Å². The largest absolute Gasteiger partial charge is 0.350 e. The summed E-state index contributed by atoms with van der Waals surface area (Å²) in [5.74, 6) is 6.16. The minimum Gasteiger partial charge on any atom is -0.332 e. The van der Waals surface area contributed by atoms with Crippen molar-refractivity contribution in [3.63, 3.8) is 0 Å². The number of nitrogens with two attached hydrogens (primary N) is 1. The molecule has 3 N–H and O–H groups in total. The fourth-order valence-electron chi connectivity index (χ4n) is 3.02. The average molecular weight is 362 g/mol. The van der Waals surface area contributed by atoms with E-state index >= 15 is 0 Å². The lowest BCUT2D eigenvalue weighted by Gasteiger charge is -2.16. The molecule has 2 aromatic rings. The standard InChI is InChI=1S/C17H22N4O3S/c1-10-7-13-12(8-14(10)25(24)19-17(2)5-6-17)15(22)21(18)16(23)20(13)9-11-3-4-11/h7-8,11,19H,3-6,9,18H2,1-2H3. The Bertz CT molecular complexity index is 1020. The van der Waals surface area contributed by atoms with Crippen LogP contribution >= 0.6 is 0 Å². The molecule has 1 unspecified atom stereocenters. The molecule has 2 fully saturated rings. The van der Waals surface area contributed by atoms with Gasteiger partial charge in [-0.1, -0.05) is 0 Å². The SMILES string of the molecule is Cc1cc2c(cc1S(=O)NC1(C)CC1)c(=O)n(N)c(=O)n2CC1CC1. The Labute approximate surface area is 147 Å². The third kappa shape index (κ3) is 2.93. The van der Waals surface area contributed by atoms with Gasteiger partial charge < -0.3 is 5.84 Å². The second kappa shape index (κ2) is 5.54. The molecule has 0 amide bonds. The monoisotopic (exact) mass is 362 g/mol. The molecule has 134 valence electrons. The molecule has 25 heavy (non-hydrogen) atoms. The van der Waals surface area contributed by atoms with E-state index in [1.165, 1.54) is 0 Å². The van der Waals surface area contributed by atoms with E-state index in [0.29, 0.717) is 32.9 Å². The van der Waals surface area contributed by atoms with Gasteiger partial charge in [-0.15, -0.1) is 0 Å². The Morgan fingerprint density at radius 2 is 2.00 bits per heavy atom. The van der Waals surface area contributed by atoms with E-state index in [0.717, 1.165) is 31.2 Å². The summed E-state index contributed by atoms with van der Waals surface area (Å²) in [6.45, 7) is 4.44. The highest BCUT2D eigenvalue weighted by molar-refractivity contribution is 7.83. The first-order valence-corrected chi connectivity index (χ1v) is 9.69. The lowest BCUT2D eigenvalue weighted by atomic mass is 10.1. The van der Waals surface area contributed by atoms with Gasteiger partial charge in [-0.2, -0.15) is 4.68 Å². The van der Waals surface area contributed by atoms with E-state index in [1.54, 1.807) is 16.7 Å². The topological polar surface area (TPSA) is 99.1 Å². The molecule has 1 aromatic carbocycles. The first-order valence-electron chi connectivity index (χ1n) is 8.54. The molecule has 0 aliphatic heterocycles. The Hall–Kier alpha value is -1.93. The van der Waals surface area contributed by atoms with Crippen LogP contribution in [0.5, 0.6) is 0 Å². The van der Waals surface area contributed by atoms with E-state index in [2.05, 4.69) is 4.72 Å². The molecule has 0 radical (unpaired) electrons. The third-order valence-corrected chi connectivity index (χ3v) is 6.66. The first-order chi connectivity index (χ1) is 11.8. The lowest BCUT2D eigenvalue weighted by molar-refractivity contribution is 0.590. The zero-order valence-electron chi connectivity index (χ0n) is 14.4. The molecule has 7 nitrogen and oxygen atoms in total. The van der Waals surface area contributed by atoms with Crippen molar-refractivity contribution in [2.24, 2.45) is 5.92 Å². The molecular weight excluding hydrogens is 340 g/mol. The molecule has 2 aliphatic carbocycles. The van der Waals surface area contributed by atoms with E-state index in [4.69, 9.17) is 5.84 Å². The quantitative estimate of drug-likeness (QED) is 0.767. The van der Waals surface area contributed by atoms with Crippen molar-refractivity contribution in [3.8, 4) is 0 Å². The highest BCUT2D eigenvalue weighted by Gasteiger charge is 2.39. The number of rotatable bonds is 5. The maximum absolute atomic E-state index is 12.7. The number of nitrogens with zero attached hydrogens (tertiary/aromatic N) is 2. The lowest BCUT2D eigenvalue weighted by Crippen LogP contribution is -2.45. The highest BCUT2D eigenvalue weighted by atomic mass is 32.2. The van der Waals surface area contributed by atoms with Crippen LogP contribution in [-0.4, -0.2) is 19.0 Å². The van der Waals surface area contributed by atoms with E-state index in [9.17, 15) is 13.8 Å². The molecule has 1 aromatic heterocycles. The number of hydrogen-bond acceptors (Lipinski definition) is 4. The van der Waals surface area contributed by atoms with Crippen LogP contribution in [0.3, 0.4) is 0 Å². The summed E-state index contributed by atoms with van der Waals surface area (Å²) in [7, 11) is -1.41. The Morgan fingerprint density at radius 1 is 1.32 bits per heavy atom. The van der Waals surface area contributed by atoms with E-state index in [1.807, 2.05) is 13.8 Å². The number of nitrogens with one attached hydrogen (secondary N) is 1. The Kier molecular flexibility index (Phi) is 3.66. The average Bonchev–Trinajstić information content (AvgIpc) is 3.48. The summed E-state index contributed by atoms with van der Waals surface area (Å²) >= 11 is 0. The van der Waals surface area contributed by atoms with Crippen LogP contribution in [0, 0.1) is 12.8 Å². The van der Waals surface area contributed by atoms with Crippen molar-refractivity contribution in [2.45, 2.75) is 56.5 Å². The molecule has 4 rings (SSSR count). The summed E-state index contributed by atoms with van der Waals surface area (Å²) in [4.78, 5) is 25.5. The minimum absolute atomic E-state index is 0.0922. The summed E-state index contributed by atoms with van der Waals surface area (Å²) in [6, 6.07) is 3.40. The molecule has 2 saturated carbocycles. The van der Waals surface area contributed by atoms with E-state index in [-0.39, 0.29) is 5.54 Å². The van der Waals surface area contributed by atoms with Crippen LogP contribution in [0.25, 0.3) is 10.9 Å². The van der Waals surface area contributed by atoms with Gasteiger partial charge in [0.05, 0.1) is 15.8 Å². The molecule has 0 spiro atoms. The number of aryl methyl sites for hydroxylation is 1. The summed E-state index contributed by atoms with van der Waals surface area (Å²) in [6.07, 6.45) is 4.15. The van der Waals surface area contributed by atoms with Gasteiger partial charge in [-0.05, 0) is 63.1 Å². The van der Waals surface area contributed by atoms with Crippen LogP contribution in [0.2, 0.25) is 0 Å². The van der Waals surface area contributed by atoms with E-state index < -0.39 is 22.2 Å². The smallest absolute Gasteiger partial charge is 0.332 e. The predicted octanol–water partition coefficient (Wildman–Crippen LogP) is 0.760. The Morgan fingerprint density at radius 3 is 2.60 bits per heavy atom. The molecule has 0 saturated heterocycles. The van der Waals surface area contributed by atoms with Crippen molar-refractivity contribution in [1.82, 2.24) is 14.0 Å². The first kappa shape index (κ1) is 16.5. The molecule has 2 aliphatic rings. The number of hydrogen-bond donors (Lipinski definition) is 2. The number of benzene rings is 1. The van der Waals surface area contributed by atoms with Crippen LogP contribution < -0.4 is 21.8 Å². The second-order valence-electron chi connectivity index (χ2n) is 7.58. The van der Waals surface area contributed by atoms with Gasteiger partial charge >= 0.3 is 5.69 Å². The molecular formula is C17H22N4O3S. The van der Waals surface area contributed by atoms with Crippen LogP contribution in [-0.2, 0) is 17.5 Å². The van der Waals surface area contributed by atoms with Crippen LogP contribution in [0.1, 0.15) is 38.2 Å². The summed E-state index contributed by atoms with van der Waals surface area (Å²) in [5, 5.41) is 0.333. The zero-order chi connectivity index (χ0) is 17.9. The fourth-order valence-corrected chi connectivity index (χ4v) is 4.36. The van der Waals surface area contributed by atoms with Gasteiger partial charge in [-0.3, -0.25) is 9.36 Å². The zero-order valence-corrected chi connectivity index (χ0v) is 15.2. The molecule has 8 heteroatoms. The van der Waals surface area contributed by atoms with Gasteiger partial charge in [-0.25, -0.2) is 13.7 Å². The van der Waals surface area contributed by atoms with Crippen molar-refractivity contribution < 1.29 is 4.21 Å². The van der Waals surface area contributed by atoms with Crippen molar-refractivity contribution in [2.75, 3.05) is 5.84 Å². The van der Waals surface area contributed by atoms with Crippen LogP contribution in [0.4, 0.5) is 0 Å². The van der Waals surface area contributed by atoms with Crippen molar-refractivity contribution in [1.29, 1.82) is 0 Å². The van der Waals surface area contributed by atoms with Crippen LogP contribution in [0.15, 0.2) is 26.6 Å². The van der Waals surface area contributed by atoms with Crippen molar-refractivity contribution in [3.05, 3.63) is 38.5 Å². The molecule has 1 heterocycles. The summed E-state index contributed by atoms with van der Waals surface area (Å²) in [5.41, 5.74) is 0.217. The minimum atomic E-state index is -1.41. The Balaban J connectivity index is 1.88. The normalized spacial score (nSPS) is 19.9. The van der Waals surface area contributed by atoms with Gasteiger partial charge in [0.1, 0.15) is 11.0 Å². The van der Waals surface area contributed by atoms with Crippen molar-refractivity contribution >= 4 is 21.9 Å². The van der Waals surface area contributed by atoms with Gasteiger partial charge in [0, 0.05) is 12.1 Å².